The SMILES string of the molecule is CN1CCN(C(=O)Cc2ccc(NC(=C3C(=O)Nc4cc(Cl)ccc43)c3ccc4c(c3)OC=CO4)cc2)CC1. The number of likely N-dealkylation sites (N-methyl/N-ethyl adjacent to an activating group) is 1. The lowest BCUT2D eigenvalue weighted by Gasteiger charge is -2.32. The summed E-state index contributed by atoms with van der Waals surface area (Å²) in [5.41, 5.74) is 4.95. The standard InChI is InChI=1S/C30H27ClN4O4/c1-34-10-12-35(13-11-34)27(36)16-19-2-6-22(7-3-19)32-29(20-4-9-25-26(17-20)39-15-14-38-25)28-23-8-5-21(31)18-24(23)33-30(28)37/h2-9,14-15,17-18,32H,10-13,16H2,1H3,(H,33,37). The normalized spacial score (nSPS) is 17.5. The number of carbonyl (C=O) groups excluding carboxylic acids is 2. The molecule has 0 aliphatic carbocycles. The fourth-order valence-corrected chi connectivity index (χ4v) is 5.09. The molecular weight excluding hydrogens is 516 g/mol. The van der Waals surface area contributed by atoms with Gasteiger partial charge in [-0.15, -0.1) is 0 Å². The van der Waals surface area contributed by atoms with E-state index in [4.69, 9.17) is 21.1 Å². The van der Waals surface area contributed by atoms with Crippen molar-refractivity contribution >= 4 is 46.1 Å². The second-order valence-electron chi connectivity index (χ2n) is 9.75. The average Bonchev–Trinajstić information content (AvgIpc) is 3.27. The molecule has 0 aromatic heterocycles. The zero-order valence-electron chi connectivity index (χ0n) is 21.4. The summed E-state index contributed by atoms with van der Waals surface area (Å²) in [5, 5.41) is 6.91. The predicted molar refractivity (Wildman–Crippen MR) is 152 cm³/mol. The Balaban J connectivity index is 1.31. The first kappa shape index (κ1) is 25.0. The van der Waals surface area contributed by atoms with Gasteiger partial charge in [0.1, 0.15) is 12.5 Å². The summed E-state index contributed by atoms with van der Waals surface area (Å²) >= 11 is 6.18. The minimum Gasteiger partial charge on any atom is -0.458 e. The number of hydrogen-bond donors (Lipinski definition) is 2. The average molecular weight is 543 g/mol. The van der Waals surface area contributed by atoms with Crippen molar-refractivity contribution < 1.29 is 19.1 Å². The van der Waals surface area contributed by atoms with Crippen LogP contribution in [0.1, 0.15) is 16.7 Å². The quantitative estimate of drug-likeness (QED) is 0.449. The number of piperazine rings is 1. The van der Waals surface area contributed by atoms with Crippen LogP contribution in [0, 0.1) is 0 Å². The maximum absolute atomic E-state index is 13.2. The van der Waals surface area contributed by atoms with Crippen molar-refractivity contribution in [3.05, 3.63) is 94.9 Å². The molecule has 6 rings (SSSR count). The Labute approximate surface area is 231 Å². The molecule has 1 fully saturated rings. The molecule has 2 amide bonds. The van der Waals surface area contributed by atoms with Crippen LogP contribution in [0.3, 0.4) is 0 Å². The van der Waals surface area contributed by atoms with Crippen molar-refractivity contribution in [2.24, 2.45) is 0 Å². The Bertz CT molecular complexity index is 1510. The summed E-state index contributed by atoms with van der Waals surface area (Å²) in [6.45, 7) is 3.30. The monoisotopic (exact) mass is 542 g/mol. The van der Waals surface area contributed by atoms with Crippen molar-refractivity contribution in [1.82, 2.24) is 9.80 Å². The van der Waals surface area contributed by atoms with E-state index >= 15 is 0 Å². The smallest absolute Gasteiger partial charge is 0.258 e. The summed E-state index contributed by atoms with van der Waals surface area (Å²) in [4.78, 5) is 30.2. The maximum Gasteiger partial charge on any atom is 0.258 e. The molecular formula is C30H27ClN4O4. The molecule has 0 bridgehead atoms. The maximum atomic E-state index is 13.2. The van der Waals surface area contributed by atoms with Gasteiger partial charge in [-0.1, -0.05) is 29.8 Å². The van der Waals surface area contributed by atoms with Crippen LogP contribution in [0.15, 0.2) is 73.2 Å². The highest BCUT2D eigenvalue weighted by atomic mass is 35.5. The number of ether oxygens (including phenoxy) is 2. The molecule has 3 aromatic carbocycles. The lowest BCUT2D eigenvalue weighted by molar-refractivity contribution is -0.132. The molecule has 0 spiro atoms. The van der Waals surface area contributed by atoms with Gasteiger partial charge in [0.15, 0.2) is 11.5 Å². The van der Waals surface area contributed by atoms with Crippen LogP contribution in [0.2, 0.25) is 5.02 Å². The number of nitrogens with zero attached hydrogens (tertiary/aromatic N) is 2. The first-order chi connectivity index (χ1) is 18.9. The molecule has 8 nitrogen and oxygen atoms in total. The Morgan fingerprint density at radius 1 is 0.949 bits per heavy atom. The Kier molecular flexibility index (Phi) is 6.72. The summed E-state index contributed by atoms with van der Waals surface area (Å²) < 4.78 is 11.2. The van der Waals surface area contributed by atoms with E-state index in [0.29, 0.717) is 39.9 Å². The van der Waals surface area contributed by atoms with Crippen molar-refractivity contribution in [2.45, 2.75) is 6.42 Å². The number of hydrogen-bond acceptors (Lipinski definition) is 6. The molecule has 0 radical (unpaired) electrons. The summed E-state index contributed by atoms with van der Waals surface area (Å²) in [6.07, 6.45) is 3.29. The van der Waals surface area contributed by atoms with Gasteiger partial charge < -0.3 is 29.9 Å². The Hall–Kier alpha value is -4.27. The fourth-order valence-electron chi connectivity index (χ4n) is 4.92. The summed E-state index contributed by atoms with van der Waals surface area (Å²) in [5.74, 6) is 1.03. The van der Waals surface area contributed by atoms with Gasteiger partial charge in [-0.2, -0.15) is 0 Å². The van der Waals surface area contributed by atoms with Gasteiger partial charge in [-0.05, 0) is 55.1 Å². The van der Waals surface area contributed by atoms with Crippen LogP contribution in [0.25, 0.3) is 11.3 Å². The van der Waals surface area contributed by atoms with Gasteiger partial charge >= 0.3 is 0 Å². The van der Waals surface area contributed by atoms with E-state index in [2.05, 4.69) is 22.6 Å². The van der Waals surface area contributed by atoms with Crippen LogP contribution in [-0.4, -0.2) is 54.8 Å². The second-order valence-corrected chi connectivity index (χ2v) is 10.2. The minimum atomic E-state index is -0.237. The van der Waals surface area contributed by atoms with E-state index in [1.165, 1.54) is 12.5 Å². The molecule has 2 N–H and O–H groups in total. The number of amides is 2. The lowest BCUT2D eigenvalue weighted by Crippen LogP contribution is -2.47. The third-order valence-electron chi connectivity index (χ3n) is 7.09. The molecule has 1 saturated heterocycles. The van der Waals surface area contributed by atoms with Crippen LogP contribution < -0.4 is 20.1 Å². The molecule has 9 heteroatoms. The summed E-state index contributed by atoms with van der Waals surface area (Å²) in [7, 11) is 2.07. The van der Waals surface area contributed by atoms with E-state index < -0.39 is 0 Å². The van der Waals surface area contributed by atoms with Crippen molar-refractivity contribution in [3.8, 4) is 11.5 Å². The van der Waals surface area contributed by atoms with Crippen molar-refractivity contribution in [2.75, 3.05) is 43.9 Å². The van der Waals surface area contributed by atoms with E-state index in [9.17, 15) is 9.59 Å². The summed E-state index contributed by atoms with van der Waals surface area (Å²) in [6, 6.07) is 18.6. The van der Waals surface area contributed by atoms with Crippen LogP contribution >= 0.6 is 11.6 Å². The molecule has 0 atom stereocenters. The predicted octanol–water partition coefficient (Wildman–Crippen LogP) is 4.83. The van der Waals surface area contributed by atoms with E-state index in [1.807, 2.05) is 47.4 Å². The topological polar surface area (TPSA) is 83.1 Å². The number of nitrogens with one attached hydrogen (secondary N) is 2. The highest BCUT2D eigenvalue weighted by Gasteiger charge is 2.29. The number of anilines is 2. The molecule has 3 aliphatic rings. The highest BCUT2D eigenvalue weighted by Crippen LogP contribution is 2.41. The van der Waals surface area contributed by atoms with Gasteiger partial charge in [0.25, 0.3) is 5.91 Å². The zero-order valence-corrected chi connectivity index (χ0v) is 22.1. The number of halogens is 1. The van der Waals surface area contributed by atoms with E-state index in [0.717, 1.165) is 48.6 Å². The lowest BCUT2D eigenvalue weighted by atomic mass is 9.99. The van der Waals surface area contributed by atoms with Gasteiger partial charge in [-0.25, -0.2) is 0 Å². The first-order valence-corrected chi connectivity index (χ1v) is 13.1. The molecule has 3 aliphatic heterocycles. The molecule has 0 saturated carbocycles. The van der Waals surface area contributed by atoms with Crippen LogP contribution in [0.5, 0.6) is 11.5 Å². The van der Waals surface area contributed by atoms with Crippen molar-refractivity contribution in [1.29, 1.82) is 0 Å². The zero-order chi connectivity index (χ0) is 26.9. The Morgan fingerprint density at radius 2 is 1.69 bits per heavy atom. The van der Waals surface area contributed by atoms with Crippen molar-refractivity contribution in [3.63, 3.8) is 0 Å². The third-order valence-corrected chi connectivity index (χ3v) is 7.32. The van der Waals surface area contributed by atoms with Gasteiger partial charge in [0, 0.05) is 48.0 Å². The molecule has 39 heavy (non-hydrogen) atoms. The molecule has 198 valence electrons. The molecule has 3 heterocycles. The minimum absolute atomic E-state index is 0.134. The number of carbonyl (C=O) groups is 2. The second kappa shape index (κ2) is 10.5. The largest absolute Gasteiger partial charge is 0.458 e. The van der Waals surface area contributed by atoms with Gasteiger partial charge in [0.2, 0.25) is 5.91 Å². The number of fused-ring (bicyclic) bond motifs is 2. The number of benzene rings is 3. The highest BCUT2D eigenvalue weighted by molar-refractivity contribution is 6.38. The molecule has 0 unspecified atom stereocenters. The van der Waals surface area contributed by atoms with Gasteiger partial charge in [-0.3, -0.25) is 9.59 Å². The molecule has 3 aromatic rings. The Morgan fingerprint density at radius 3 is 2.46 bits per heavy atom. The van der Waals surface area contributed by atoms with Crippen LogP contribution in [-0.2, 0) is 16.0 Å². The van der Waals surface area contributed by atoms with Gasteiger partial charge in [0.05, 0.1) is 23.4 Å². The van der Waals surface area contributed by atoms with E-state index in [1.54, 1.807) is 18.2 Å². The fraction of sp³-hybridized carbons (Fsp3) is 0.200. The third kappa shape index (κ3) is 5.21. The van der Waals surface area contributed by atoms with Crippen LogP contribution in [0.4, 0.5) is 11.4 Å². The van der Waals surface area contributed by atoms with E-state index in [-0.39, 0.29) is 11.8 Å². The first-order valence-electron chi connectivity index (χ1n) is 12.8. The number of rotatable bonds is 5.